The summed E-state index contributed by atoms with van der Waals surface area (Å²) in [6.07, 6.45) is 3.88. The molecule has 0 aliphatic carbocycles. The van der Waals surface area contributed by atoms with Crippen molar-refractivity contribution in [2.75, 3.05) is 31.1 Å². The van der Waals surface area contributed by atoms with E-state index in [1.165, 1.54) is 9.58 Å². The first kappa shape index (κ1) is 22.3. The number of carbonyl (C=O) groups excluding carboxylic acids is 4. The molecule has 13 heteroatoms. The van der Waals surface area contributed by atoms with Gasteiger partial charge >= 0.3 is 0 Å². The number of carbonyl (C=O) groups is 4. The van der Waals surface area contributed by atoms with Crippen LogP contribution in [0.4, 0.5) is 5.13 Å². The standard InChI is InChI=1S/C23H22N8O4S/c32-19-4-3-18(20(33)25-19)30-12-14-11-15(1-2-16(14)21(30)34)31-13-17(26-27-31)22(35)28-6-8-29(9-7-28)23-24-5-10-36-23/h1-2,5,10-11,13,18H,3-4,6-9,12H2,(H,25,32,33). The summed E-state index contributed by atoms with van der Waals surface area (Å²) in [6, 6.07) is 4.58. The largest absolute Gasteiger partial charge is 0.345 e. The molecule has 1 atom stereocenters. The van der Waals surface area contributed by atoms with Crippen molar-refractivity contribution < 1.29 is 19.2 Å². The molecule has 3 aliphatic rings. The average molecular weight is 507 g/mol. The predicted octanol–water partition coefficient (Wildman–Crippen LogP) is 0.447. The van der Waals surface area contributed by atoms with E-state index >= 15 is 0 Å². The summed E-state index contributed by atoms with van der Waals surface area (Å²) in [5, 5.41) is 13.4. The molecule has 184 valence electrons. The lowest BCUT2D eigenvalue weighted by molar-refractivity contribution is -0.136. The molecular weight excluding hydrogens is 484 g/mol. The Morgan fingerprint density at radius 1 is 1.11 bits per heavy atom. The Kier molecular flexibility index (Phi) is 5.48. The average Bonchev–Trinajstić information content (AvgIpc) is 3.65. The molecular formula is C23H22N8O4S. The molecule has 1 unspecified atom stereocenters. The zero-order chi connectivity index (χ0) is 24.8. The Labute approximate surface area is 209 Å². The van der Waals surface area contributed by atoms with Crippen molar-refractivity contribution in [3.05, 3.63) is 52.8 Å². The van der Waals surface area contributed by atoms with Crippen molar-refractivity contribution in [1.29, 1.82) is 0 Å². The molecule has 2 saturated heterocycles. The maximum atomic E-state index is 13.0. The molecule has 2 fully saturated rings. The Morgan fingerprint density at radius 3 is 2.69 bits per heavy atom. The van der Waals surface area contributed by atoms with Gasteiger partial charge in [-0.1, -0.05) is 5.21 Å². The van der Waals surface area contributed by atoms with E-state index < -0.39 is 11.9 Å². The number of imide groups is 1. The smallest absolute Gasteiger partial charge is 0.276 e. The first-order valence-electron chi connectivity index (χ1n) is 11.6. The van der Waals surface area contributed by atoms with Gasteiger partial charge in [0.05, 0.1) is 11.9 Å². The minimum Gasteiger partial charge on any atom is -0.345 e. The molecule has 0 saturated carbocycles. The summed E-state index contributed by atoms with van der Waals surface area (Å²) in [4.78, 5) is 59.4. The first-order chi connectivity index (χ1) is 17.5. The third-order valence-electron chi connectivity index (χ3n) is 6.74. The Hall–Kier alpha value is -4.13. The van der Waals surface area contributed by atoms with E-state index in [0.29, 0.717) is 43.9 Å². The van der Waals surface area contributed by atoms with Crippen molar-refractivity contribution in [3.8, 4) is 5.69 Å². The highest BCUT2D eigenvalue weighted by molar-refractivity contribution is 7.13. The summed E-state index contributed by atoms with van der Waals surface area (Å²) < 4.78 is 1.51. The van der Waals surface area contributed by atoms with E-state index in [9.17, 15) is 19.2 Å². The van der Waals surface area contributed by atoms with Crippen LogP contribution in [0.5, 0.6) is 0 Å². The molecule has 5 heterocycles. The van der Waals surface area contributed by atoms with Crippen LogP contribution in [0.25, 0.3) is 5.69 Å². The van der Waals surface area contributed by atoms with E-state index in [4.69, 9.17) is 0 Å². The number of anilines is 1. The highest BCUT2D eigenvalue weighted by atomic mass is 32.1. The van der Waals surface area contributed by atoms with E-state index in [2.05, 4.69) is 25.5 Å². The lowest BCUT2D eigenvalue weighted by Crippen LogP contribution is -2.52. The molecule has 2 aromatic heterocycles. The van der Waals surface area contributed by atoms with Crippen molar-refractivity contribution in [3.63, 3.8) is 0 Å². The molecule has 3 aromatic rings. The van der Waals surface area contributed by atoms with Crippen LogP contribution in [-0.4, -0.2) is 85.6 Å². The summed E-state index contributed by atoms with van der Waals surface area (Å²) in [5.74, 6) is -1.18. The number of amides is 4. The van der Waals surface area contributed by atoms with Gasteiger partial charge in [-0.05, 0) is 30.2 Å². The SMILES string of the molecule is O=C1CCC(N2Cc3cc(-n4cc(C(=O)N5CCN(c6nccs6)CC5)nn4)ccc3C2=O)C(=O)N1. The number of thiazole rings is 1. The lowest BCUT2D eigenvalue weighted by Gasteiger charge is -2.34. The van der Waals surface area contributed by atoms with Crippen LogP contribution in [0.2, 0.25) is 0 Å². The van der Waals surface area contributed by atoms with Crippen LogP contribution in [0.3, 0.4) is 0 Å². The normalized spacial score (nSPS) is 20.1. The maximum absolute atomic E-state index is 13.0. The van der Waals surface area contributed by atoms with Crippen molar-refractivity contribution >= 4 is 40.1 Å². The van der Waals surface area contributed by atoms with Gasteiger partial charge in [0, 0.05) is 56.3 Å². The molecule has 1 N–H and O–H groups in total. The quantitative estimate of drug-likeness (QED) is 0.504. The van der Waals surface area contributed by atoms with Gasteiger partial charge in [-0.2, -0.15) is 0 Å². The molecule has 4 amide bonds. The Balaban J connectivity index is 1.14. The Bertz CT molecular complexity index is 1360. The number of hydrogen-bond acceptors (Lipinski definition) is 9. The number of rotatable bonds is 4. The molecule has 3 aliphatic heterocycles. The second-order valence-electron chi connectivity index (χ2n) is 8.88. The van der Waals surface area contributed by atoms with Crippen LogP contribution in [-0.2, 0) is 16.1 Å². The number of nitrogens with one attached hydrogen (secondary N) is 1. The zero-order valence-electron chi connectivity index (χ0n) is 19.2. The summed E-state index contributed by atoms with van der Waals surface area (Å²) in [7, 11) is 0. The Morgan fingerprint density at radius 2 is 1.94 bits per heavy atom. The van der Waals surface area contributed by atoms with Crippen LogP contribution in [0, 0.1) is 0 Å². The van der Waals surface area contributed by atoms with Gasteiger partial charge in [0.25, 0.3) is 11.8 Å². The van der Waals surface area contributed by atoms with Crippen LogP contribution in [0.15, 0.2) is 36.0 Å². The first-order valence-corrected chi connectivity index (χ1v) is 12.5. The van der Waals surface area contributed by atoms with Crippen LogP contribution in [0.1, 0.15) is 39.3 Å². The van der Waals surface area contributed by atoms with E-state index in [1.54, 1.807) is 40.8 Å². The molecule has 36 heavy (non-hydrogen) atoms. The zero-order valence-corrected chi connectivity index (χ0v) is 20.0. The number of benzene rings is 1. The van der Waals surface area contributed by atoms with Gasteiger partial charge < -0.3 is 14.7 Å². The van der Waals surface area contributed by atoms with Gasteiger partial charge in [-0.25, -0.2) is 9.67 Å². The fraction of sp³-hybridized carbons (Fsp3) is 0.348. The lowest BCUT2D eigenvalue weighted by atomic mass is 10.0. The molecule has 0 spiro atoms. The number of aromatic nitrogens is 4. The number of piperidine rings is 1. The van der Waals surface area contributed by atoms with Crippen molar-refractivity contribution in [2.45, 2.75) is 25.4 Å². The monoisotopic (exact) mass is 506 g/mol. The molecule has 6 rings (SSSR count). The minimum atomic E-state index is -0.669. The summed E-state index contributed by atoms with van der Waals surface area (Å²) in [5.41, 5.74) is 2.17. The second kappa shape index (κ2) is 8.82. The highest BCUT2D eigenvalue weighted by Crippen LogP contribution is 2.29. The molecule has 12 nitrogen and oxygen atoms in total. The van der Waals surface area contributed by atoms with Gasteiger partial charge in [-0.15, -0.1) is 16.4 Å². The van der Waals surface area contributed by atoms with Gasteiger partial charge in [0.15, 0.2) is 10.8 Å². The molecule has 1 aromatic carbocycles. The number of hydrogen-bond donors (Lipinski definition) is 1. The van der Waals surface area contributed by atoms with Gasteiger partial charge in [0.1, 0.15) is 6.04 Å². The molecule has 0 radical (unpaired) electrons. The number of piperazine rings is 1. The number of nitrogens with zero attached hydrogens (tertiary/aromatic N) is 7. The fourth-order valence-electron chi connectivity index (χ4n) is 4.83. The number of fused-ring (bicyclic) bond motifs is 1. The maximum Gasteiger partial charge on any atom is 0.276 e. The molecule has 0 bridgehead atoms. The van der Waals surface area contributed by atoms with Crippen molar-refractivity contribution in [1.82, 2.24) is 35.1 Å². The minimum absolute atomic E-state index is 0.180. The van der Waals surface area contributed by atoms with Crippen LogP contribution >= 0.6 is 11.3 Å². The third kappa shape index (κ3) is 3.90. The highest BCUT2D eigenvalue weighted by Gasteiger charge is 2.39. The summed E-state index contributed by atoms with van der Waals surface area (Å²) >= 11 is 1.58. The van der Waals surface area contributed by atoms with Gasteiger partial charge in [0.2, 0.25) is 11.8 Å². The van der Waals surface area contributed by atoms with E-state index in [0.717, 1.165) is 10.7 Å². The van der Waals surface area contributed by atoms with E-state index in [1.807, 2.05) is 11.4 Å². The fourth-order valence-corrected chi connectivity index (χ4v) is 5.52. The third-order valence-corrected chi connectivity index (χ3v) is 7.57. The van der Waals surface area contributed by atoms with E-state index in [-0.39, 0.29) is 36.4 Å². The topological polar surface area (TPSA) is 134 Å². The van der Waals surface area contributed by atoms with Crippen molar-refractivity contribution in [2.24, 2.45) is 0 Å². The van der Waals surface area contributed by atoms with Gasteiger partial charge in [-0.3, -0.25) is 24.5 Å². The van der Waals surface area contributed by atoms with Crippen LogP contribution < -0.4 is 10.2 Å². The second-order valence-corrected chi connectivity index (χ2v) is 9.76. The summed E-state index contributed by atoms with van der Waals surface area (Å²) in [6.45, 7) is 2.81. The predicted molar refractivity (Wildman–Crippen MR) is 128 cm³/mol.